The third-order valence-corrected chi connectivity index (χ3v) is 10.9. The summed E-state index contributed by atoms with van der Waals surface area (Å²) in [5, 5.41) is 15.9. The van der Waals surface area contributed by atoms with Crippen LogP contribution in [-0.4, -0.2) is 78.7 Å². The van der Waals surface area contributed by atoms with Crippen LogP contribution in [0.4, 0.5) is 32.4 Å². The molecule has 5 rings (SSSR count). The fraction of sp³-hybridized carbons (Fsp3) is 0.394. The van der Waals surface area contributed by atoms with Crippen LogP contribution in [0.25, 0.3) is 0 Å². The Morgan fingerprint density at radius 1 is 1.06 bits per heavy atom. The van der Waals surface area contributed by atoms with Crippen LogP contribution in [-0.2, 0) is 27.4 Å². The number of carbonyl (C=O) groups is 2. The third kappa shape index (κ3) is 7.79. The van der Waals surface area contributed by atoms with Gasteiger partial charge in [0, 0.05) is 49.4 Å². The van der Waals surface area contributed by atoms with Gasteiger partial charge in [0.1, 0.15) is 17.7 Å². The van der Waals surface area contributed by atoms with E-state index in [-0.39, 0.29) is 47.0 Å². The van der Waals surface area contributed by atoms with Crippen molar-refractivity contribution in [2.75, 3.05) is 31.2 Å². The highest BCUT2D eigenvalue weighted by Crippen LogP contribution is 2.37. The van der Waals surface area contributed by atoms with Gasteiger partial charge in [-0.05, 0) is 67.1 Å². The number of halogens is 5. The number of piperazine rings is 1. The molecular weight excluding hydrogens is 659 g/mol. The number of benzene rings is 3. The maximum Gasteiger partial charge on any atom is 0.416 e. The molecule has 0 aliphatic carbocycles. The lowest BCUT2D eigenvalue weighted by atomic mass is 9.83. The summed E-state index contributed by atoms with van der Waals surface area (Å²) in [6, 6.07) is 10.4. The van der Waals surface area contributed by atoms with E-state index in [0.717, 1.165) is 43.8 Å². The molecule has 2 amide bonds. The number of sulfonamides is 1. The predicted molar refractivity (Wildman–Crippen MR) is 168 cm³/mol. The lowest BCUT2D eigenvalue weighted by Gasteiger charge is -2.37. The lowest BCUT2D eigenvalue weighted by Crippen LogP contribution is -2.57. The van der Waals surface area contributed by atoms with Gasteiger partial charge in [-0.15, -0.1) is 0 Å². The van der Waals surface area contributed by atoms with Crippen molar-refractivity contribution in [2.24, 2.45) is 0 Å². The first kappa shape index (κ1) is 35.2. The highest BCUT2D eigenvalue weighted by atomic mass is 32.2. The molecule has 15 heteroatoms. The van der Waals surface area contributed by atoms with Crippen molar-refractivity contribution in [3.8, 4) is 0 Å². The van der Waals surface area contributed by atoms with Gasteiger partial charge in [0.25, 0.3) is 0 Å². The molecule has 258 valence electrons. The van der Waals surface area contributed by atoms with E-state index in [1.54, 1.807) is 0 Å². The minimum Gasteiger partial charge on any atom is -0.465 e. The molecule has 2 aliphatic rings. The molecule has 0 aromatic heterocycles. The molecular formula is C33H35F5N4O5S. The number of carbonyl (C=O) groups excluding carboxylic acids is 1. The van der Waals surface area contributed by atoms with Crippen molar-refractivity contribution in [3.05, 3.63) is 101 Å². The first-order valence-corrected chi connectivity index (χ1v) is 17.0. The Morgan fingerprint density at radius 2 is 1.77 bits per heavy atom. The second-order valence-corrected chi connectivity index (χ2v) is 14.1. The zero-order valence-corrected chi connectivity index (χ0v) is 26.7. The Hall–Kier alpha value is -4.08. The maximum absolute atomic E-state index is 15.3. The molecule has 2 fully saturated rings. The van der Waals surface area contributed by atoms with Crippen molar-refractivity contribution in [2.45, 2.75) is 55.9 Å². The van der Waals surface area contributed by atoms with Crippen LogP contribution >= 0.6 is 0 Å². The number of nitrogens with one attached hydrogen (secondary N) is 2. The van der Waals surface area contributed by atoms with Crippen LogP contribution in [0, 0.1) is 11.6 Å². The molecule has 48 heavy (non-hydrogen) atoms. The normalized spacial score (nSPS) is 21.8. The summed E-state index contributed by atoms with van der Waals surface area (Å²) in [5.74, 6) is -3.65. The number of nitrogens with zero attached hydrogens (tertiary/aromatic N) is 2. The van der Waals surface area contributed by atoms with Gasteiger partial charge in [-0.3, -0.25) is 9.69 Å². The van der Waals surface area contributed by atoms with E-state index in [0.29, 0.717) is 24.4 Å². The van der Waals surface area contributed by atoms with E-state index >= 15 is 4.39 Å². The molecule has 2 heterocycles. The molecule has 9 nitrogen and oxygen atoms in total. The van der Waals surface area contributed by atoms with Crippen molar-refractivity contribution >= 4 is 27.7 Å². The van der Waals surface area contributed by atoms with Crippen molar-refractivity contribution in [1.29, 1.82) is 0 Å². The summed E-state index contributed by atoms with van der Waals surface area (Å²) in [6.45, 7) is 0.666. The first-order chi connectivity index (χ1) is 22.7. The van der Waals surface area contributed by atoms with Gasteiger partial charge in [-0.25, -0.2) is 22.0 Å². The molecule has 0 saturated carbocycles. The van der Waals surface area contributed by atoms with Crippen LogP contribution in [0.3, 0.4) is 0 Å². The average molecular weight is 695 g/mol. The smallest absolute Gasteiger partial charge is 0.416 e. The van der Waals surface area contributed by atoms with E-state index in [9.17, 15) is 40.7 Å². The van der Waals surface area contributed by atoms with E-state index in [4.69, 9.17) is 0 Å². The van der Waals surface area contributed by atoms with Crippen molar-refractivity contribution in [3.63, 3.8) is 0 Å². The largest absolute Gasteiger partial charge is 0.465 e. The van der Waals surface area contributed by atoms with Crippen LogP contribution < -0.4 is 10.6 Å². The Balaban J connectivity index is 1.49. The molecule has 3 N–H and O–H groups in total. The molecule has 5 atom stereocenters. The standard InChI is InChI=1S/C33H35F5N4O5S/c1-41(32(44)45)30(29(20-10-12-23(34)13-11-20)21-5-2-6-22(17-21)33(36,37)38)31(43)40-28-9-3-8-27(35)26(28)15-14-25-18-39-24-7-4-16-48(46,47)42(25)19-24/h2-3,5-6,8-13,17,24-25,29-30,39H,4,7,14-16,18-19H2,1H3,(H,40,43)(H,44,45)/t24?,25?,29-,30-/m0/s1. The molecule has 3 unspecified atom stereocenters. The van der Waals surface area contributed by atoms with E-state index in [1.165, 1.54) is 40.7 Å². The van der Waals surface area contributed by atoms with E-state index in [1.807, 2.05) is 0 Å². The number of alkyl halides is 3. The molecule has 3 aromatic rings. The van der Waals surface area contributed by atoms with Crippen LogP contribution in [0.5, 0.6) is 0 Å². The minimum absolute atomic E-state index is 0.00828. The number of amides is 2. The van der Waals surface area contributed by atoms with Crippen molar-refractivity contribution in [1.82, 2.24) is 14.5 Å². The van der Waals surface area contributed by atoms with Crippen LogP contribution in [0.1, 0.15) is 47.4 Å². The van der Waals surface area contributed by atoms with Gasteiger partial charge >= 0.3 is 12.3 Å². The minimum atomic E-state index is -4.75. The summed E-state index contributed by atoms with van der Waals surface area (Å²) in [6.07, 6.45) is -4.85. The summed E-state index contributed by atoms with van der Waals surface area (Å²) in [5.41, 5.74) is -0.900. The Labute approximate surface area is 274 Å². The fourth-order valence-electron chi connectivity index (χ4n) is 6.50. The number of hydrogen-bond donors (Lipinski definition) is 3. The topological polar surface area (TPSA) is 119 Å². The SMILES string of the molecule is CN(C(=O)O)[C@H](C(=O)Nc1cccc(F)c1CCC1CNC2CCCS(=O)(=O)N1C2)[C@@H](c1ccc(F)cc1)c1cccc(C(F)(F)F)c1. The number of rotatable bonds is 9. The maximum atomic E-state index is 15.3. The fourth-order valence-corrected chi connectivity index (χ4v) is 8.30. The first-order valence-electron chi connectivity index (χ1n) is 15.3. The van der Waals surface area contributed by atoms with Crippen molar-refractivity contribution < 1.29 is 45.1 Å². The van der Waals surface area contributed by atoms with E-state index in [2.05, 4.69) is 10.6 Å². The summed E-state index contributed by atoms with van der Waals surface area (Å²) < 4.78 is 97.8. The molecule has 2 aliphatic heterocycles. The van der Waals surface area contributed by atoms with Gasteiger partial charge in [-0.2, -0.15) is 17.5 Å². The molecule has 0 radical (unpaired) electrons. The Morgan fingerprint density at radius 3 is 2.46 bits per heavy atom. The quantitative estimate of drug-likeness (QED) is 0.257. The summed E-state index contributed by atoms with van der Waals surface area (Å²) >= 11 is 0. The number of likely N-dealkylation sites (N-methyl/N-ethyl adjacent to an activating group) is 1. The summed E-state index contributed by atoms with van der Waals surface area (Å²) in [7, 11) is -2.44. The monoisotopic (exact) mass is 694 g/mol. The van der Waals surface area contributed by atoms with E-state index < -0.39 is 63.4 Å². The van der Waals surface area contributed by atoms with Gasteiger partial charge in [0.2, 0.25) is 15.9 Å². The van der Waals surface area contributed by atoms with Gasteiger partial charge in [-0.1, -0.05) is 36.4 Å². The summed E-state index contributed by atoms with van der Waals surface area (Å²) in [4.78, 5) is 27.0. The lowest BCUT2D eigenvalue weighted by molar-refractivity contribution is -0.137. The zero-order valence-electron chi connectivity index (χ0n) is 25.9. The average Bonchev–Trinajstić information content (AvgIpc) is 3.15. The highest BCUT2D eigenvalue weighted by molar-refractivity contribution is 7.89. The van der Waals surface area contributed by atoms with Gasteiger partial charge < -0.3 is 15.7 Å². The van der Waals surface area contributed by atoms with Gasteiger partial charge in [0.05, 0.1) is 11.3 Å². The zero-order chi connectivity index (χ0) is 34.8. The molecule has 0 spiro atoms. The third-order valence-electron chi connectivity index (χ3n) is 8.97. The molecule has 2 bridgehead atoms. The number of fused-ring (bicyclic) bond motifs is 2. The van der Waals surface area contributed by atoms with Crippen LogP contribution in [0.15, 0.2) is 66.7 Å². The van der Waals surface area contributed by atoms with Gasteiger partial charge in [0.15, 0.2) is 0 Å². The number of carboxylic acid groups (broad SMARTS) is 1. The predicted octanol–water partition coefficient (Wildman–Crippen LogP) is 5.43. The second kappa shape index (κ2) is 14.2. The molecule has 2 saturated heterocycles. The highest BCUT2D eigenvalue weighted by Gasteiger charge is 2.40. The Kier molecular flexibility index (Phi) is 10.4. The Bertz CT molecular complexity index is 1760. The van der Waals surface area contributed by atoms with Crippen LogP contribution in [0.2, 0.25) is 0 Å². The second-order valence-electron chi connectivity index (χ2n) is 12.1. The molecule has 3 aromatic carbocycles. The number of anilines is 1. The number of hydrogen-bond acceptors (Lipinski definition) is 5.